The van der Waals surface area contributed by atoms with Gasteiger partial charge in [0.2, 0.25) is 5.91 Å². The van der Waals surface area contributed by atoms with Gasteiger partial charge < -0.3 is 40.3 Å². The molecule has 13 nitrogen and oxygen atoms in total. The fourth-order valence-electron chi connectivity index (χ4n) is 7.46. The Morgan fingerprint density at radius 2 is 1.12 bits per heavy atom. The maximum atomic E-state index is 13.0. The summed E-state index contributed by atoms with van der Waals surface area (Å²) in [7, 11) is -5.11. The largest absolute Gasteiger partial charge is 0.397 e. The van der Waals surface area contributed by atoms with Crippen molar-refractivity contribution in [2.75, 3.05) is 13.2 Å². The SMILES string of the molecule is CCCCCCCCCCCCCCCCCCCC/C=C/C(O)C(COC1OC(CO)C(O)C(OS(=O)(=O)O)C1O)NC(=O)C(O)CCCCCCCCCCC. The van der Waals surface area contributed by atoms with E-state index in [1.165, 1.54) is 134 Å². The van der Waals surface area contributed by atoms with Crippen LogP contribution in [-0.2, 0) is 28.9 Å². The highest BCUT2D eigenvalue weighted by Crippen LogP contribution is 2.26. The van der Waals surface area contributed by atoms with Gasteiger partial charge in [-0.25, -0.2) is 4.18 Å². The van der Waals surface area contributed by atoms with Crippen molar-refractivity contribution in [2.45, 2.75) is 249 Å². The van der Waals surface area contributed by atoms with Crippen LogP contribution in [0.5, 0.6) is 0 Å². The Morgan fingerprint density at radius 1 is 0.690 bits per heavy atom. The molecular formula is C44H85NO12S. The Kier molecular flexibility index (Phi) is 33.5. The van der Waals surface area contributed by atoms with Crippen molar-refractivity contribution < 1.29 is 57.0 Å². The third kappa shape index (κ3) is 27.6. The molecule has 8 atom stereocenters. The predicted octanol–water partition coefficient (Wildman–Crippen LogP) is 7.75. The van der Waals surface area contributed by atoms with Gasteiger partial charge in [-0.15, -0.1) is 0 Å². The molecule has 0 saturated carbocycles. The Balaban J connectivity index is 2.54. The Morgan fingerprint density at radius 3 is 1.55 bits per heavy atom. The molecule has 7 N–H and O–H groups in total. The first-order valence-electron chi connectivity index (χ1n) is 23.2. The van der Waals surface area contributed by atoms with E-state index in [-0.39, 0.29) is 6.42 Å². The molecule has 8 unspecified atom stereocenters. The number of hydrogen-bond donors (Lipinski definition) is 7. The van der Waals surface area contributed by atoms with Crippen LogP contribution in [0.15, 0.2) is 12.2 Å². The summed E-state index contributed by atoms with van der Waals surface area (Å²) in [5.41, 5.74) is 0. The minimum atomic E-state index is -5.11. The fraction of sp³-hybridized carbons (Fsp3) is 0.932. The molecule has 0 radical (unpaired) electrons. The topological polar surface area (TPSA) is 212 Å². The first kappa shape index (κ1) is 54.8. The molecule has 1 rings (SSSR count). The van der Waals surface area contributed by atoms with Gasteiger partial charge in [0.15, 0.2) is 6.29 Å². The second-order valence-electron chi connectivity index (χ2n) is 16.5. The number of hydrogen-bond acceptors (Lipinski definition) is 11. The van der Waals surface area contributed by atoms with Crippen molar-refractivity contribution in [2.24, 2.45) is 0 Å². The second-order valence-corrected chi connectivity index (χ2v) is 17.5. The van der Waals surface area contributed by atoms with Crippen molar-refractivity contribution in [3.8, 4) is 0 Å². The van der Waals surface area contributed by atoms with E-state index < -0.39 is 78.5 Å². The molecule has 1 heterocycles. The van der Waals surface area contributed by atoms with Gasteiger partial charge in [-0.2, -0.15) is 8.42 Å². The number of nitrogens with one attached hydrogen (secondary N) is 1. The highest BCUT2D eigenvalue weighted by Gasteiger charge is 2.48. The molecule has 1 amide bonds. The van der Waals surface area contributed by atoms with E-state index in [4.69, 9.17) is 14.0 Å². The third-order valence-corrected chi connectivity index (χ3v) is 11.6. The average molecular weight is 852 g/mol. The summed E-state index contributed by atoms with van der Waals surface area (Å²) in [6, 6.07) is -1.11. The molecule has 0 spiro atoms. The quantitative estimate of drug-likeness (QED) is 0.0180. The summed E-state index contributed by atoms with van der Waals surface area (Å²) in [6.07, 6.45) is 26.0. The number of allylic oxidation sites excluding steroid dienone is 1. The van der Waals surface area contributed by atoms with Gasteiger partial charge in [0, 0.05) is 0 Å². The summed E-state index contributed by atoms with van der Waals surface area (Å²) in [5, 5.41) is 55.1. The van der Waals surface area contributed by atoms with Gasteiger partial charge in [-0.05, 0) is 19.3 Å². The zero-order chi connectivity index (χ0) is 42.9. The molecule has 58 heavy (non-hydrogen) atoms. The van der Waals surface area contributed by atoms with Crippen LogP contribution in [-0.4, -0.2) is 107 Å². The van der Waals surface area contributed by atoms with Crippen molar-refractivity contribution in [1.82, 2.24) is 5.32 Å². The van der Waals surface area contributed by atoms with Crippen LogP contribution in [0.2, 0.25) is 0 Å². The highest BCUT2D eigenvalue weighted by atomic mass is 32.3. The zero-order valence-electron chi connectivity index (χ0n) is 36.2. The minimum Gasteiger partial charge on any atom is -0.394 e. The molecule has 1 fully saturated rings. The van der Waals surface area contributed by atoms with E-state index in [0.29, 0.717) is 12.8 Å². The van der Waals surface area contributed by atoms with Crippen LogP contribution >= 0.6 is 0 Å². The average Bonchev–Trinajstić information content (AvgIpc) is 3.19. The summed E-state index contributed by atoms with van der Waals surface area (Å²) in [6.45, 7) is 3.19. The maximum Gasteiger partial charge on any atom is 0.397 e. The van der Waals surface area contributed by atoms with Crippen LogP contribution in [0, 0.1) is 0 Å². The highest BCUT2D eigenvalue weighted by molar-refractivity contribution is 7.80. The van der Waals surface area contributed by atoms with Gasteiger partial charge in [-0.1, -0.05) is 193 Å². The molecule has 1 aliphatic rings. The van der Waals surface area contributed by atoms with E-state index >= 15 is 0 Å². The zero-order valence-corrected chi connectivity index (χ0v) is 37.1. The number of ether oxygens (including phenoxy) is 2. The smallest absolute Gasteiger partial charge is 0.394 e. The van der Waals surface area contributed by atoms with Gasteiger partial charge in [0.25, 0.3) is 0 Å². The van der Waals surface area contributed by atoms with Crippen LogP contribution in [0.4, 0.5) is 0 Å². The molecule has 1 aliphatic heterocycles. The van der Waals surface area contributed by atoms with Crippen molar-refractivity contribution in [1.29, 1.82) is 0 Å². The summed E-state index contributed by atoms with van der Waals surface area (Å²) < 4.78 is 47.4. The molecule has 0 aromatic carbocycles. The van der Waals surface area contributed by atoms with Gasteiger partial charge in [0.05, 0.1) is 25.4 Å². The summed E-state index contributed by atoms with van der Waals surface area (Å²) in [5.74, 6) is -0.703. The molecule has 344 valence electrons. The fourth-order valence-corrected chi connectivity index (χ4v) is 7.97. The molecular weight excluding hydrogens is 767 g/mol. The number of amides is 1. The van der Waals surface area contributed by atoms with E-state index in [9.17, 15) is 38.7 Å². The first-order chi connectivity index (χ1) is 27.9. The number of aliphatic hydroxyl groups is 5. The lowest BCUT2D eigenvalue weighted by molar-refractivity contribution is -0.298. The van der Waals surface area contributed by atoms with Crippen LogP contribution in [0.3, 0.4) is 0 Å². The van der Waals surface area contributed by atoms with Gasteiger partial charge in [-0.3, -0.25) is 9.35 Å². The van der Waals surface area contributed by atoms with Crippen LogP contribution in [0.25, 0.3) is 0 Å². The third-order valence-electron chi connectivity index (χ3n) is 11.2. The summed E-state index contributed by atoms with van der Waals surface area (Å²) in [4.78, 5) is 13.0. The molecule has 0 aromatic heterocycles. The number of carbonyl (C=O) groups is 1. The molecule has 0 aromatic rings. The standard InChI is InChI=1S/C44H85NO12S/c1-3-5-7-9-11-13-14-15-16-17-18-19-20-21-22-23-25-26-28-30-32-37(47)36(45-43(51)38(48)33-31-29-27-24-12-10-8-6-4-2)35-55-44-41(50)42(57-58(52,53)54)40(49)39(34-46)56-44/h30,32,36-42,44,46-50H,3-29,31,33-35H2,1-2H3,(H,45,51)(H,52,53,54)/b32-30+. The summed E-state index contributed by atoms with van der Waals surface area (Å²) >= 11 is 0. The number of carbonyl (C=O) groups excluding carboxylic acids is 1. The maximum absolute atomic E-state index is 13.0. The first-order valence-corrected chi connectivity index (χ1v) is 24.5. The lowest BCUT2D eigenvalue weighted by Gasteiger charge is -2.41. The lowest BCUT2D eigenvalue weighted by Crippen LogP contribution is -2.61. The normalized spacial score (nSPS) is 21.7. The second kappa shape index (κ2) is 35.4. The molecule has 14 heteroatoms. The Hall–Kier alpha value is -1.20. The van der Waals surface area contributed by atoms with Crippen molar-refractivity contribution >= 4 is 16.3 Å². The predicted molar refractivity (Wildman–Crippen MR) is 228 cm³/mol. The van der Waals surface area contributed by atoms with E-state index in [2.05, 4.69) is 23.3 Å². The number of rotatable bonds is 39. The van der Waals surface area contributed by atoms with Gasteiger partial charge in [0.1, 0.15) is 30.5 Å². The monoisotopic (exact) mass is 852 g/mol. The number of aliphatic hydroxyl groups excluding tert-OH is 5. The lowest BCUT2D eigenvalue weighted by atomic mass is 9.99. The minimum absolute atomic E-state index is 0.246. The van der Waals surface area contributed by atoms with E-state index in [1.807, 2.05) is 6.08 Å². The molecule has 1 saturated heterocycles. The molecule has 0 aliphatic carbocycles. The van der Waals surface area contributed by atoms with E-state index in [1.54, 1.807) is 0 Å². The van der Waals surface area contributed by atoms with Gasteiger partial charge >= 0.3 is 10.4 Å². The van der Waals surface area contributed by atoms with Crippen LogP contribution < -0.4 is 5.32 Å². The Labute approximate surface area is 352 Å². The van der Waals surface area contributed by atoms with E-state index in [0.717, 1.165) is 38.5 Å². The van der Waals surface area contributed by atoms with Crippen molar-refractivity contribution in [3.63, 3.8) is 0 Å². The molecule has 0 bridgehead atoms. The number of unbranched alkanes of at least 4 members (excludes halogenated alkanes) is 26. The Bertz CT molecular complexity index is 1110. The van der Waals surface area contributed by atoms with Crippen molar-refractivity contribution in [3.05, 3.63) is 12.2 Å². The van der Waals surface area contributed by atoms with Crippen LogP contribution in [0.1, 0.15) is 200 Å².